The minimum absolute atomic E-state index is 0.0236. The van der Waals surface area contributed by atoms with Gasteiger partial charge in [0.1, 0.15) is 12.4 Å². The number of nitrogens with zero attached hydrogens (tertiary/aromatic N) is 2. The largest absolute Gasteiger partial charge is 0.477 e. The van der Waals surface area contributed by atoms with Crippen molar-refractivity contribution >= 4 is 11.8 Å². The maximum absolute atomic E-state index is 11.3. The van der Waals surface area contributed by atoms with Crippen molar-refractivity contribution < 1.29 is 14.4 Å². The molecule has 5 nitrogen and oxygen atoms in total. The van der Waals surface area contributed by atoms with Crippen LogP contribution in [0.15, 0.2) is 29.5 Å². The molecule has 2 atom stereocenters. The maximum atomic E-state index is 11.3. The van der Waals surface area contributed by atoms with Gasteiger partial charge in [-0.3, -0.25) is 5.73 Å². The lowest BCUT2D eigenvalue weighted by Crippen LogP contribution is -2.59. The third kappa shape index (κ3) is 13.4. The lowest BCUT2D eigenvalue weighted by molar-refractivity contribution is -0.805. The number of carboxylic acids is 1. The molecule has 3 N–H and O–H groups in total. The van der Waals surface area contributed by atoms with E-state index in [9.17, 15) is 9.90 Å². The van der Waals surface area contributed by atoms with E-state index < -0.39 is 5.97 Å². The normalized spacial score (nSPS) is 18.6. The number of hydrogen-bond donors (Lipinski definition) is 2. The molecule has 1 aliphatic heterocycles. The monoisotopic (exact) mass is 476 g/mol. The van der Waals surface area contributed by atoms with Crippen molar-refractivity contribution in [2.45, 2.75) is 142 Å². The summed E-state index contributed by atoms with van der Waals surface area (Å²) in [6.07, 6.45) is 32.7. The number of quaternary nitrogens is 1. The van der Waals surface area contributed by atoms with E-state index >= 15 is 0 Å². The van der Waals surface area contributed by atoms with Crippen molar-refractivity contribution in [1.82, 2.24) is 0 Å². The highest BCUT2D eigenvalue weighted by Crippen LogP contribution is 2.23. The lowest BCUT2D eigenvalue weighted by atomic mass is 10.0. The summed E-state index contributed by atoms with van der Waals surface area (Å²) < 4.78 is 0.173. The molecule has 1 aliphatic rings. The van der Waals surface area contributed by atoms with Crippen molar-refractivity contribution in [3.8, 4) is 0 Å². The molecular weight excluding hydrogens is 422 g/mol. The van der Waals surface area contributed by atoms with E-state index in [1.54, 1.807) is 6.20 Å². The SMILES string of the molecule is CC/C=C/CCCCCCCCCCCCCCCCCCC1=NC=C[N+]1(CC(=O)O)C(C)N. The van der Waals surface area contributed by atoms with Crippen LogP contribution in [-0.2, 0) is 4.79 Å². The van der Waals surface area contributed by atoms with Crippen LogP contribution in [0, 0.1) is 0 Å². The van der Waals surface area contributed by atoms with E-state index in [1.807, 2.05) is 13.1 Å². The molecule has 2 unspecified atom stereocenters. The average Bonchev–Trinajstić information content (AvgIpc) is 3.20. The van der Waals surface area contributed by atoms with Crippen LogP contribution < -0.4 is 5.73 Å². The molecule has 0 aromatic rings. The van der Waals surface area contributed by atoms with Crippen molar-refractivity contribution in [2.75, 3.05) is 6.54 Å². The fourth-order valence-electron chi connectivity index (χ4n) is 4.89. The number of carboxylic acid groups (broad SMARTS) is 1. The fourth-order valence-corrected chi connectivity index (χ4v) is 4.89. The summed E-state index contributed by atoms with van der Waals surface area (Å²) in [5, 5.41) is 9.28. The third-order valence-electron chi connectivity index (χ3n) is 7.08. The number of aliphatic carboxylic acids is 1. The number of nitrogens with two attached hydrogens (primary N) is 1. The van der Waals surface area contributed by atoms with E-state index in [-0.39, 0.29) is 17.2 Å². The minimum Gasteiger partial charge on any atom is -0.477 e. The first-order valence-electron chi connectivity index (χ1n) is 14.3. The smallest absolute Gasteiger partial charge is 0.360 e. The highest BCUT2D eigenvalue weighted by Gasteiger charge is 2.40. The fraction of sp³-hybridized carbons (Fsp3) is 0.793. The van der Waals surface area contributed by atoms with Crippen molar-refractivity contribution in [1.29, 1.82) is 0 Å². The van der Waals surface area contributed by atoms with Gasteiger partial charge >= 0.3 is 5.97 Å². The topological polar surface area (TPSA) is 75.7 Å². The Bertz CT molecular complexity index is 612. The zero-order chi connectivity index (χ0) is 24.9. The Kier molecular flexibility index (Phi) is 17.8. The third-order valence-corrected chi connectivity index (χ3v) is 7.08. The van der Waals surface area contributed by atoms with Gasteiger partial charge < -0.3 is 5.11 Å². The predicted octanol–water partition coefficient (Wildman–Crippen LogP) is 8.06. The van der Waals surface area contributed by atoms with Crippen LogP contribution in [0.1, 0.15) is 136 Å². The molecule has 34 heavy (non-hydrogen) atoms. The lowest BCUT2D eigenvalue weighted by Gasteiger charge is -2.34. The molecule has 196 valence electrons. The number of aliphatic imine (C=N–C) groups is 1. The van der Waals surface area contributed by atoms with Gasteiger partial charge in [0.15, 0.2) is 6.54 Å². The van der Waals surface area contributed by atoms with Crippen LogP contribution >= 0.6 is 0 Å². The van der Waals surface area contributed by atoms with E-state index in [0.717, 1.165) is 18.7 Å². The van der Waals surface area contributed by atoms with Gasteiger partial charge in [0.2, 0.25) is 5.84 Å². The minimum atomic E-state index is -0.835. The molecule has 0 aromatic heterocycles. The van der Waals surface area contributed by atoms with Crippen molar-refractivity contribution in [3.05, 3.63) is 24.6 Å². The van der Waals surface area contributed by atoms with Crippen LogP contribution in [0.4, 0.5) is 0 Å². The van der Waals surface area contributed by atoms with Crippen LogP contribution in [0.3, 0.4) is 0 Å². The molecule has 0 amide bonds. The summed E-state index contributed by atoms with van der Waals surface area (Å²) in [5.41, 5.74) is 6.12. The second kappa shape index (κ2) is 19.8. The Morgan fingerprint density at radius 3 is 1.79 bits per heavy atom. The summed E-state index contributed by atoms with van der Waals surface area (Å²) >= 11 is 0. The summed E-state index contributed by atoms with van der Waals surface area (Å²) in [7, 11) is 0. The first-order valence-corrected chi connectivity index (χ1v) is 14.3. The molecule has 0 spiro atoms. The predicted molar refractivity (Wildman–Crippen MR) is 146 cm³/mol. The molecular formula is C29H54N3O2+. The highest BCUT2D eigenvalue weighted by atomic mass is 16.4. The second-order valence-corrected chi connectivity index (χ2v) is 10.1. The van der Waals surface area contributed by atoms with Crippen LogP contribution in [0.2, 0.25) is 0 Å². The zero-order valence-electron chi connectivity index (χ0n) is 22.4. The van der Waals surface area contributed by atoms with Gasteiger partial charge in [-0.25, -0.2) is 14.3 Å². The number of rotatable bonds is 23. The van der Waals surface area contributed by atoms with Gasteiger partial charge in [-0.2, -0.15) is 0 Å². The molecule has 5 heteroatoms. The van der Waals surface area contributed by atoms with E-state index in [1.165, 1.54) is 109 Å². The first kappa shape index (κ1) is 30.6. The molecule has 0 aliphatic carbocycles. The summed E-state index contributed by atoms with van der Waals surface area (Å²) in [5.74, 6) is 0.0651. The van der Waals surface area contributed by atoms with Crippen molar-refractivity contribution in [2.24, 2.45) is 10.7 Å². The number of amidine groups is 1. The van der Waals surface area contributed by atoms with Crippen LogP contribution in [0.5, 0.6) is 0 Å². The molecule has 0 saturated carbocycles. The molecule has 1 rings (SSSR count). The van der Waals surface area contributed by atoms with Gasteiger partial charge in [-0.05, 0) is 25.7 Å². The quantitative estimate of drug-likeness (QED) is 0.0889. The Hall–Kier alpha value is -1.46. The number of unbranched alkanes of at least 4 members (excludes halogenated alkanes) is 16. The second-order valence-electron chi connectivity index (χ2n) is 10.1. The summed E-state index contributed by atoms with van der Waals surface area (Å²) in [4.78, 5) is 15.8. The standard InChI is InChI=1S/C29H53N3O2/c1-3-4-5-6-7-8-9-10-11-12-13-14-15-16-17-18-19-20-21-22-23-28-31-24-25-32(28,27(2)30)26-29(33)34/h4-5,24-25,27H,3,6-23,26,30H2,1-2H3/p+1/b5-4+. The number of hydrogen-bond acceptors (Lipinski definition) is 3. The van der Waals surface area contributed by atoms with Crippen molar-refractivity contribution in [3.63, 3.8) is 0 Å². The molecule has 0 radical (unpaired) electrons. The van der Waals surface area contributed by atoms with E-state index in [0.29, 0.717) is 0 Å². The summed E-state index contributed by atoms with van der Waals surface area (Å²) in [6.45, 7) is 4.04. The molecule has 0 aromatic carbocycles. The number of carbonyl (C=O) groups is 1. The van der Waals surface area contributed by atoms with E-state index in [4.69, 9.17) is 5.73 Å². The van der Waals surface area contributed by atoms with E-state index in [2.05, 4.69) is 24.1 Å². The first-order chi connectivity index (χ1) is 16.5. The maximum Gasteiger partial charge on any atom is 0.360 e. The van der Waals surface area contributed by atoms with Crippen LogP contribution in [0.25, 0.3) is 0 Å². The van der Waals surface area contributed by atoms with Gasteiger partial charge in [-0.15, -0.1) is 0 Å². The molecule has 1 heterocycles. The van der Waals surface area contributed by atoms with Gasteiger partial charge in [0, 0.05) is 13.3 Å². The summed E-state index contributed by atoms with van der Waals surface area (Å²) in [6, 6.07) is 0. The van der Waals surface area contributed by atoms with Gasteiger partial charge in [0.05, 0.1) is 6.20 Å². The molecule has 0 bridgehead atoms. The van der Waals surface area contributed by atoms with Gasteiger partial charge in [-0.1, -0.05) is 109 Å². The van der Waals surface area contributed by atoms with Gasteiger partial charge in [0.25, 0.3) is 0 Å². The Labute approximate surface area is 210 Å². The molecule has 0 fully saturated rings. The zero-order valence-corrected chi connectivity index (χ0v) is 22.4. The Morgan fingerprint density at radius 2 is 1.35 bits per heavy atom. The van der Waals surface area contributed by atoms with Crippen LogP contribution in [-0.4, -0.2) is 34.1 Å². The highest BCUT2D eigenvalue weighted by molar-refractivity contribution is 5.81. The Balaban J connectivity index is 1.89. The Morgan fingerprint density at radius 1 is 0.882 bits per heavy atom. The number of allylic oxidation sites excluding steroid dienone is 2. The average molecular weight is 477 g/mol. The molecule has 0 saturated heterocycles.